The summed E-state index contributed by atoms with van der Waals surface area (Å²) in [6, 6.07) is 0. The van der Waals surface area contributed by atoms with Crippen LogP contribution in [0.1, 0.15) is 44.9 Å². The summed E-state index contributed by atoms with van der Waals surface area (Å²) in [6.07, 6.45) is 9.30. The number of nitrogens with zero attached hydrogens (tertiary/aromatic N) is 2. The monoisotopic (exact) mass is 468 g/mol. The zero-order valence-corrected chi connectivity index (χ0v) is 18.1. The molecule has 1 unspecified atom stereocenters. The van der Waals surface area contributed by atoms with Crippen molar-refractivity contribution in [1.82, 2.24) is 15.5 Å². The maximum atomic E-state index is 5.65. The molecule has 148 valence electrons. The summed E-state index contributed by atoms with van der Waals surface area (Å²) >= 11 is 0. The van der Waals surface area contributed by atoms with Crippen molar-refractivity contribution < 1.29 is 9.47 Å². The van der Waals surface area contributed by atoms with Crippen molar-refractivity contribution in [3.05, 3.63) is 0 Å². The fraction of sp³-hybridized carbons (Fsp3) is 0.944. The summed E-state index contributed by atoms with van der Waals surface area (Å²) in [4.78, 5) is 6.86. The van der Waals surface area contributed by atoms with Gasteiger partial charge in [0.05, 0.1) is 19.3 Å². The van der Waals surface area contributed by atoms with E-state index in [9.17, 15) is 0 Å². The molecule has 1 atom stereocenters. The minimum absolute atomic E-state index is 0. The molecule has 2 aliphatic rings. The van der Waals surface area contributed by atoms with Crippen LogP contribution >= 0.6 is 24.0 Å². The number of halogens is 1. The first-order valence-corrected chi connectivity index (χ1v) is 9.74. The Morgan fingerprint density at radius 1 is 1.12 bits per heavy atom. The first-order valence-electron chi connectivity index (χ1n) is 9.74. The number of ether oxygens (including phenoxy) is 2. The summed E-state index contributed by atoms with van der Waals surface area (Å²) in [7, 11) is 1.82. The third kappa shape index (κ3) is 10.6. The SMILES string of the molecule is CN=C(NCCCN1CCCCCC1)NCCOCC1CCCO1.I. The number of rotatable bonds is 9. The summed E-state index contributed by atoms with van der Waals surface area (Å²) in [5.74, 6) is 0.867. The van der Waals surface area contributed by atoms with Gasteiger partial charge in [0.25, 0.3) is 0 Å². The summed E-state index contributed by atoms with van der Waals surface area (Å²) in [6.45, 7) is 7.77. The van der Waals surface area contributed by atoms with E-state index in [0.29, 0.717) is 19.3 Å². The van der Waals surface area contributed by atoms with E-state index in [1.54, 1.807) is 0 Å². The van der Waals surface area contributed by atoms with Gasteiger partial charge in [-0.1, -0.05) is 12.8 Å². The molecule has 2 rings (SSSR count). The molecular formula is C18H37IN4O2. The van der Waals surface area contributed by atoms with Gasteiger partial charge >= 0.3 is 0 Å². The lowest BCUT2D eigenvalue weighted by Gasteiger charge is -2.20. The van der Waals surface area contributed by atoms with Crippen molar-refractivity contribution in [2.24, 2.45) is 4.99 Å². The molecule has 0 amide bonds. The van der Waals surface area contributed by atoms with Crippen LogP contribution in [0.15, 0.2) is 4.99 Å². The fourth-order valence-electron chi connectivity index (χ4n) is 3.32. The number of aliphatic imine (C=N–C) groups is 1. The normalized spacial score (nSPS) is 22.3. The number of hydrogen-bond acceptors (Lipinski definition) is 4. The Hall–Kier alpha value is -0.120. The van der Waals surface area contributed by atoms with E-state index in [-0.39, 0.29) is 24.0 Å². The van der Waals surface area contributed by atoms with Gasteiger partial charge in [-0.3, -0.25) is 4.99 Å². The first kappa shape index (κ1) is 22.9. The van der Waals surface area contributed by atoms with Crippen molar-refractivity contribution in [3.63, 3.8) is 0 Å². The molecule has 0 saturated carbocycles. The first-order chi connectivity index (χ1) is 11.9. The van der Waals surface area contributed by atoms with E-state index < -0.39 is 0 Å². The van der Waals surface area contributed by atoms with Gasteiger partial charge in [-0.15, -0.1) is 24.0 Å². The number of hydrogen-bond donors (Lipinski definition) is 2. The number of likely N-dealkylation sites (tertiary alicyclic amines) is 1. The molecule has 2 aliphatic heterocycles. The zero-order valence-electron chi connectivity index (χ0n) is 15.8. The summed E-state index contributed by atoms with van der Waals surface area (Å²) in [5, 5.41) is 6.69. The molecule has 7 heteroatoms. The van der Waals surface area contributed by atoms with E-state index >= 15 is 0 Å². The maximum absolute atomic E-state index is 5.65. The van der Waals surface area contributed by atoms with E-state index in [1.165, 1.54) is 51.7 Å². The Kier molecular flexibility index (Phi) is 13.7. The maximum Gasteiger partial charge on any atom is 0.191 e. The molecule has 0 radical (unpaired) electrons. The smallest absolute Gasteiger partial charge is 0.191 e. The van der Waals surface area contributed by atoms with Crippen molar-refractivity contribution in [2.75, 3.05) is 59.6 Å². The second-order valence-corrected chi connectivity index (χ2v) is 6.75. The Morgan fingerprint density at radius 2 is 1.88 bits per heavy atom. The van der Waals surface area contributed by atoms with Gasteiger partial charge in [0, 0.05) is 26.7 Å². The van der Waals surface area contributed by atoms with Crippen LogP contribution in [-0.2, 0) is 9.47 Å². The minimum atomic E-state index is 0. The molecule has 0 spiro atoms. The topological polar surface area (TPSA) is 58.1 Å². The number of guanidine groups is 1. The highest BCUT2D eigenvalue weighted by Gasteiger charge is 2.15. The van der Waals surface area contributed by atoms with Crippen LogP contribution < -0.4 is 10.6 Å². The largest absolute Gasteiger partial charge is 0.377 e. The van der Waals surface area contributed by atoms with Crippen molar-refractivity contribution in [1.29, 1.82) is 0 Å². The molecule has 0 aromatic heterocycles. The van der Waals surface area contributed by atoms with Gasteiger partial charge in [0.2, 0.25) is 0 Å². The summed E-state index contributed by atoms with van der Waals surface area (Å²) < 4.78 is 11.2. The van der Waals surface area contributed by atoms with Crippen LogP contribution in [-0.4, -0.2) is 76.6 Å². The molecule has 0 bridgehead atoms. The molecule has 0 aliphatic carbocycles. The predicted molar refractivity (Wildman–Crippen MR) is 114 cm³/mol. The molecule has 2 fully saturated rings. The van der Waals surface area contributed by atoms with Crippen LogP contribution in [0.4, 0.5) is 0 Å². The van der Waals surface area contributed by atoms with E-state index in [4.69, 9.17) is 9.47 Å². The third-order valence-corrected chi connectivity index (χ3v) is 4.73. The van der Waals surface area contributed by atoms with E-state index in [2.05, 4.69) is 20.5 Å². The zero-order chi connectivity index (χ0) is 16.9. The van der Waals surface area contributed by atoms with Gasteiger partial charge in [-0.25, -0.2) is 0 Å². The quantitative estimate of drug-likeness (QED) is 0.235. The lowest BCUT2D eigenvalue weighted by Crippen LogP contribution is -2.40. The van der Waals surface area contributed by atoms with Crippen molar-refractivity contribution >= 4 is 29.9 Å². The van der Waals surface area contributed by atoms with Gasteiger partial charge < -0.3 is 25.0 Å². The molecule has 6 nitrogen and oxygen atoms in total. The Balaban J connectivity index is 0.00000312. The minimum Gasteiger partial charge on any atom is -0.377 e. The molecule has 0 aromatic rings. The van der Waals surface area contributed by atoms with E-state index in [0.717, 1.165) is 38.5 Å². The Morgan fingerprint density at radius 3 is 2.56 bits per heavy atom. The van der Waals surface area contributed by atoms with Gasteiger partial charge in [-0.05, 0) is 51.7 Å². The van der Waals surface area contributed by atoms with E-state index in [1.807, 2.05) is 7.05 Å². The highest BCUT2D eigenvalue weighted by atomic mass is 127. The average molecular weight is 468 g/mol. The van der Waals surface area contributed by atoms with Gasteiger partial charge in [0.15, 0.2) is 5.96 Å². The third-order valence-electron chi connectivity index (χ3n) is 4.73. The molecular weight excluding hydrogens is 431 g/mol. The number of nitrogens with one attached hydrogen (secondary N) is 2. The average Bonchev–Trinajstić information content (AvgIpc) is 2.98. The van der Waals surface area contributed by atoms with Crippen LogP contribution in [0.5, 0.6) is 0 Å². The van der Waals surface area contributed by atoms with Crippen LogP contribution in [0.25, 0.3) is 0 Å². The second kappa shape index (κ2) is 15.0. The highest BCUT2D eigenvalue weighted by Crippen LogP contribution is 2.11. The molecule has 25 heavy (non-hydrogen) atoms. The lowest BCUT2D eigenvalue weighted by atomic mass is 10.2. The molecule has 2 N–H and O–H groups in total. The highest BCUT2D eigenvalue weighted by molar-refractivity contribution is 14.0. The molecule has 0 aromatic carbocycles. The Bertz CT molecular complexity index is 344. The standard InChI is InChI=1S/C18H36N4O2.HI/c1-19-18(21-10-15-23-16-17-8-6-14-24-17)20-9-7-13-22-11-4-2-3-5-12-22;/h17H,2-16H2,1H3,(H2,19,20,21);1H. The molecule has 2 heterocycles. The van der Waals surface area contributed by atoms with Gasteiger partial charge in [0.1, 0.15) is 0 Å². The van der Waals surface area contributed by atoms with Crippen LogP contribution in [0.2, 0.25) is 0 Å². The van der Waals surface area contributed by atoms with Crippen molar-refractivity contribution in [3.8, 4) is 0 Å². The fourth-order valence-corrected chi connectivity index (χ4v) is 3.32. The second-order valence-electron chi connectivity index (χ2n) is 6.75. The van der Waals surface area contributed by atoms with Crippen LogP contribution in [0, 0.1) is 0 Å². The molecule has 2 saturated heterocycles. The Labute approximate surface area is 170 Å². The van der Waals surface area contributed by atoms with Crippen LogP contribution in [0.3, 0.4) is 0 Å². The summed E-state index contributed by atoms with van der Waals surface area (Å²) in [5.41, 5.74) is 0. The lowest BCUT2D eigenvalue weighted by molar-refractivity contribution is 0.0191. The van der Waals surface area contributed by atoms with Gasteiger partial charge in [-0.2, -0.15) is 0 Å². The van der Waals surface area contributed by atoms with Crippen molar-refractivity contribution in [2.45, 2.75) is 51.0 Å². The predicted octanol–water partition coefficient (Wildman–Crippen LogP) is 2.23.